The summed E-state index contributed by atoms with van der Waals surface area (Å²) in [6.45, 7) is 3.10. The van der Waals surface area contributed by atoms with Crippen molar-refractivity contribution in [3.63, 3.8) is 0 Å². The van der Waals surface area contributed by atoms with Gasteiger partial charge in [-0.15, -0.1) is 24.0 Å². The number of aromatic nitrogens is 2. The molecule has 6 nitrogen and oxygen atoms in total. The Labute approximate surface area is 119 Å². The molecular formula is C10H20IN5O. The molecule has 98 valence electrons. The number of aliphatic imine (C=N–C) groups is 1. The molecule has 0 bridgehead atoms. The molecule has 0 aliphatic heterocycles. The second-order valence-corrected chi connectivity index (χ2v) is 3.70. The second-order valence-electron chi connectivity index (χ2n) is 3.70. The van der Waals surface area contributed by atoms with Gasteiger partial charge in [-0.25, -0.2) is 9.98 Å². The number of aryl methyl sites for hydroxylation is 1. The van der Waals surface area contributed by atoms with Crippen LogP contribution in [0.4, 0.5) is 0 Å². The Kier molecular flexibility index (Phi) is 7.88. The monoisotopic (exact) mass is 353 g/mol. The number of guanidine groups is 1. The molecule has 0 saturated carbocycles. The average molecular weight is 353 g/mol. The Morgan fingerprint density at radius 3 is 2.94 bits per heavy atom. The van der Waals surface area contributed by atoms with Crippen molar-refractivity contribution in [1.29, 1.82) is 0 Å². The molecule has 3 N–H and O–H groups in total. The SMILES string of the molecule is COCC(C)NC(N)=NCc1cncn1C.I. The van der Waals surface area contributed by atoms with Crippen molar-refractivity contribution >= 4 is 29.9 Å². The maximum Gasteiger partial charge on any atom is 0.189 e. The Balaban J connectivity index is 0.00000256. The molecule has 1 aromatic heterocycles. The topological polar surface area (TPSA) is 77.5 Å². The van der Waals surface area contributed by atoms with Gasteiger partial charge in [0.1, 0.15) is 0 Å². The van der Waals surface area contributed by atoms with Crippen LogP contribution in [-0.4, -0.2) is 35.3 Å². The molecule has 0 aliphatic carbocycles. The molecule has 1 rings (SSSR count). The minimum absolute atomic E-state index is 0. The van der Waals surface area contributed by atoms with Gasteiger partial charge in [-0.05, 0) is 6.92 Å². The lowest BCUT2D eigenvalue weighted by molar-refractivity contribution is 0.179. The molecule has 17 heavy (non-hydrogen) atoms. The van der Waals surface area contributed by atoms with Gasteiger partial charge in [-0.3, -0.25) is 0 Å². The van der Waals surface area contributed by atoms with Crippen LogP contribution in [0.3, 0.4) is 0 Å². The van der Waals surface area contributed by atoms with Crippen molar-refractivity contribution in [2.75, 3.05) is 13.7 Å². The predicted molar refractivity (Wildman–Crippen MR) is 78.4 cm³/mol. The standard InChI is InChI=1S/C10H19N5O.HI/c1-8(6-16-3)14-10(11)13-5-9-4-12-7-15(9)2;/h4,7-8H,5-6H2,1-3H3,(H3,11,13,14);1H. The van der Waals surface area contributed by atoms with Crippen molar-refractivity contribution in [3.05, 3.63) is 18.2 Å². The first-order chi connectivity index (χ1) is 7.63. The Bertz CT molecular complexity index is 352. The lowest BCUT2D eigenvalue weighted by Gasteiger charge is -2.12. The van der Waals surface area contributed by atoms with E-state index in [4.69, 9.17) is 10.5 Å². The molecule has 0 saturated heterocycles. The molecule has 0 aromatic carbocycles. The summed E-state index contributed by atoms with van der Waals surface area (Å²) in [6.07, 6.45) is 3.51. The number of halogens is 1. The lowest BCUT2D eigenvalue weighted by Crippen LogP contribution is -2.40. The first-order valence-electron chi connectivity index (χ1n) is 5.14. The van der Waals surface area contributed by atoms with E-state index in [1.165, 1.54) is 0 Å². The molecule has 0 radical (unpaired) electrons. The highest BCUT2D eigenvalue weighted by Gasteiger charge is 2.02. The quantitative estimate of drug-likeness (QED) is 0.459. The highest BCUT2D eigenvalue weighted by molar-refractivity contribution is 14.0. The number of hydrogen-bond acceptors (Lipinski definition) is 3. The largest absolute Gasteiger partial charge is 0.383 e. The van der Waals surface area contributed by atoms with Crippen LogP contribution in [0.25, 0.3) is 0 Å². The molecular weight excluding hydrogens is 333 g/mol. The fourth-order valence-electron chi connectivity index (χ4n) is 1.29. The molecule has 0 fully saturated rings. The normalized spacial score (nSPS) is 13.0. The zero-order valence-electron chi connectivity index (χ0n) is 10.4. The number of nitrogens with one attached hydrogen (secondary N) is 1. The zero-order valence-corrected chi connectivity index (χ0v) is 12.7. The highest BCUT2D eigenvalue weighted by Crippen LogP contribution is 1.97. The van der Waals surface area contributed by atoms with E-state index in [1.807, 2.05) is 18.5 Å². The first-order valence-corrected chi connectivity index (χ1v) is 5.14. The van der Waals surface area contributed by atoms with Gasteiger partial charge in [0.25, 0.3) is 0 Å². The summed E-state index contributed by atoms with van der Waals surface area (Å²) < 4.78 is 6.90. The Hall–Kier alpha value is -0.830. The lowest BCUT2D eigenvalue weighted by atomic mass is 10.4. The van der Waals surface area contributed by atoms with Crippen molar-refractivity contribution in [1.82, 2.24) is 14.9 Å². The van der Waals surface area contributed by atoms with Crippen LogP contribution in [0.2, 0.25) is 0 Å². The molecule has 1 aromatic rings. The number of methoxy groups -OCH3 is 1. The third kappa shape index (κ3) is 5.87. The molecule has 0 spiro atoms. The third-order valence-electron chi connectivity index (χ3n) is 2.14. The summed E-state index contributed by atoms with van der Waals surface area (Å²) in [5.41, 5.74) is 6.74. The van der Waals surface area contributed by atoms with E-state index in [-0.39, 0.29) is 30.0 Å². The number of rotatable bonds is 5. The van der Waals surface area contributed by atoms with Crippen molar-refractivity contribution in [2.45, 2.75) is 19.5 Å². The first kappa shape index (κ1) is 16.2. The number of nitrogens with two attached hydrogens (primary N) is 1. The summed E-state index contributed by atoms with van der Waals surface area (Å²) in [4.78, 5) is 8.22. The van der Waals surface area contributed by atoms with Crippen molar-refractivity contribution in [2.24, 2.45) is 17.8 Å². The summed E-state index contributed by atoms with van der Waals surface area (Å²) in [5.74, 6) is 0.422. The maximum absolute atomic E-state index is 5.73. The van der Waals surface area contributed by atoms with E-state index in [1.54, 1.807) is 19.6 Å². The van der Waals surface area contributed by atoms with Gasteiger partial charge < -0.3 is 20.4 Å². The van der Waals surface area contributed by atoms with Crippen LogP contribution >= 0.6 is 24.0 Å². The van der Waals surface area contributed by atoms with E-state index in [2.05, 4.69) is 15.3 Å². The average Bonchev–Trinajstić information content (AvgIpc) is 2.61. The smallest absolute Gasteiger partial charge is 0.189 e. The summed E-state index contributed by atoms with van der Waals surface area (Å²) in [5, 5.41) is 3.04. The summed E-state index contributed by atoms with van der Waals surface area (Å²) in [6, 6.07) is 0.153. The van der Waals surface area contributed by atoms with Gasteiger partial charge in [0.2, 0.25) is 0 Å². The number of hydrogen-bond donors (Lipinski definition) is 2. The summed E-state index contributed by atoms with van der Waals surface area (Å²) in [7, 11) is 3.58. The number of ether oxygens (including phenoxy) is 1. The van der Waals surface area contributed by atoms with E-state index in [0.717, 1.165) is 5.69 Å². The predicted octanol–water partition coefficient (Wildman–Crippen LogP) is 0.477. The fraction of sp³-hybridized carbons (Fsp3) is 0.600. The molecule has 1 unspecified atom stereocenters. The van der Waals surface area contributed by atoms with Gasteiger partial charge in [0.15, 0.2) is 5.96 Å². The molecule has 0 aliphatic rings. The van der Waals surface area contributed by atoms with Crippen LogP contribution in [0.15, 0.2) is 17.5 Å². The van der Waals surface area contributed by atoms with Crippen LogP contribution < -0.4 is 11.1 Å². The van der Waals surface area contributed by atoms with E-state index >= 15 is 0 Å². The van der Waals surface area contributed by atoms with E-state index < -0.39 is 0 Å². The minimum atomic E-state index is 0. The second kappa shape index (κ2) is 8.29. The van der Waals surface area contributed by atoms with Gasteiger partial charge in [0.05, 0.1) is 31.4 Å². The molecule has 1 heterocycles. The van der Waals surface area contributed by atoms with Crippen LogP contribution in [0.1, 0.15) is 12.6 Å². The summed E-state index contributed by atoms with van der Waals surface area (Å²) >= 11 is 0. The van der Waals surface area contributed by atoms with E-state index in [0.29, 0.717) is 19.1 Å². The highest BCUT2D eigenvalue weighted by atomic mass is 127. The van der Waals surface area contributed by atoms with Crippen molar-refractivity contribution in [3.8, 4) is 0 Å². The molecule has 1 atom stereocenters. The number of imidazole rings is 1. The van der Waals surface area contributed by atoms with Gasteiger partial charge in [-0.2, -0.15) is 0 Å². The molecule has 0 amide bonds. The van der Waals surface area contributed by atoms with Crippen LogP contribution in [-0.2, 0) is 18.3 Å². The van der Waals surface area contributed by atoms with Crippen molar-refractivity contribution < 1.29 is 4.74 Å². The van der Waals surface area contributed by atoms with Gasteiger partial charge in [-0.1, -0.05) is 0 Å². The van der Waals surface area contributed by atoms with Gasteiger partial charge >= 0.3 is 0 Å². The number of nitrogens with zero attached hydrogens (tertiary/aromatic N) is 3. The Morgan fingerprint density at radius 1 is 1.71 bits per heavy atom. The maximum atomic E-state index is 5.73. The zero-order chi connectivity index (χ0) is 12.0. The minimum Gasteiger partial charge on any atom is -0.383 e. The van der Waals surface area contributed by atoms with Crippen LogP contribution in [0.5, 0.6) is 0 Å². The Morgan fingerprint density at radius 2 is 2.41 bits per heavy atom. The van der Waals surface area contributed by atoms with Crippen LogP contribution in [0, 0.1) is 0 Å². The van der Waals surface area contributed by atoms with Gasteiger partial charge in [0, 0.05) is 20.2 Å². The third-order valence-corrected chi connectivity index (χ3v) is 2.14. The fourth-order valence-corrected chi connectivity index (χ4v) is 1.29. The van der Waals surface area contributed by atoms with E-state index in [9.17, 15) is 0 Å². The molecule has 7 heteroatoms.